The molecule has 0 atom stereocenters. The molecule has 0 aromatic heterocycles. The van der Waals surface area contributed by atoms with Crippen molar-refractivity contribution < 1.29 is 27.1 Å². The Labute approximate surface area is 169 Å². The summed E-state index contributed by atoms with van der Waals surface area (Å²) < 4.78 is 51.3. The number of nitrogens with zero attached hydrogens (tertiary/aromatic N) is 1. The summed E-state index contributed by atoms with van der Waals surface area (Å²) >= 11 is 0. The summed E-state index contributed by atoms with van der Waals surface area (Å²) in [6.45, 7) is 0.945. The van der Waals surface area contributed by atoms with Crippen LogP contribution in [0, 0.1) is 5.82 Å². The van der Waals surface area contributed by atoms with E-state index in [0.29, 0.717) is 18.7 Å². The lowest BCUT2D eigenvalue weighted by Crippen LogP contribution is -2.35. The molecule has 29 heavy (non-hydrogen) atoms. The Bertz CT molecular complexity index is 1010. The summed E-state index contributed by atoms with van der Waals surface area (Å²) in [4.78, 5) is 12.0. The lowest BCUT2D eigenvalue weighted by atomic mass is 10.2. The van der Waals surface area contributed by atoms with Crippen molar-refractivity contribution >= 4 is 22.1 Å². The summed E-state index contributed by atoms with van der Waals surface area (Å²) in [6.07, 6.45) is 5.19. The number of esters is 1. The normalized spacial score (nSPS) is 15.4. The van der Waals surface area contributed by atoms with E-state index in [1.165, 1.54) is 41.8 Å². The number of carbonyl (C=O) groups is 1. The zero-order valence-electron chi connectivity index (χ0n) is 16.0. The van der Waals surface area contributed by atoms with Crippen LogP contribution < -0.4 is 9.47 Å². The molecule has 0 saturated carbocycles. The zero-order valence-corrected chi connectivity index (χ0v) is 16.8. The number of sulfonamides is 1. The quantitative estimate of drug-likeness (QED) is 0.406. The molecule has 0 amide bonds. The van der Waals surface area contributed by atoms with Gasteiger partial charge < -0.3 is 9.47 Å². The van der Waals surface area contributed by atoms with Crippen molar-refractivity contribution in [2.75, 3.05) is 20.2 Å². The fourth-order valence-corrected chi connectivity index (χ4v) is 4.78. The van der Waals surface area contributed by atoms with E-state index in [2.05, 4.69) is 0 Å². The summed E-state index contributed by atoms with van der Waals surface area (Å²) in [6, 6.07) is 10.2. The average molecular weight is 419 g/mol. The monoisotopic (exact) mass is 419 g/mol. The highest BCUT2D eigenvalue weighted by Gasteiger charge is 2.29. The average Bonchev–Trinajstić information content (AvgIpc) is 2.74. The fourth-order valence-electron chi connectivity index (χ4n) is 3.08. The molecule has 0 spiro atoms. The van der Waals surface area contributed by atoms with Crippen LogP contribution in [-0.2, 0) is 14.8 Å². The predicted octanol–water partition coefficient (Wildman–Crippen LogP) is 3.63. The molecule has 2 aromatic rings. The Morgan fingerprint density at radius 1 is 1.07 bits per heavy atom. The van der Waals surface area contributed by atoms with Crippen LogP contribution in [0.15, 0.2) is 53.4 Å². The number of benzene rings is 2. The first-order valence-corrected chi connectivity index (χ1v) is 10.7. The second-order valence-corrected chi connectivity index (χ2v) is 8.47. The fraction of sp³-hybridized carbons (Fsp3) is 0.286. The molecule has 0 radical (unpaired) electrons. The molecular weight excluding hydrogens is 397 g/mol. The molecule has 2 aromatic carbocycles. The highest BCUT2D eigenvalue weighted by atomic mass is 32.2. The number of rotatable bonds is 6. The van der Waals surface area contributed by atoms with Crippen molar-refractivity contribution in [3.63, 3.8) is 0 Å². The Kier molecular flexibility index (Phi) is 6.66. The molecule has 3 rings (SSSR count). The van der Waals surface area contributed by atoms with Crippen LogP contribution >= 0.6 is 0 Å². The van der Waals surface area contributed by atoms with Crippen molar-refractivity contribution in [3.8, 4) is 11.5 Å². The van der Waals surface area contributed by atoms with Crippen molar-refractivity contribution in [2.45, 2.75) is 24.2 Å². The third-order valence-corrected chi connectivity index (χ3v) is 6.50. The van der Waals surface area contributed by atoms with Crippen LogP contribution in [-0.4, -0.2) is 38.9 Å². The molecule has 1 aliphatic heterocycles. The first-order chi connectivity index (χ1) is 13.9. The number of para-hydroxylation sites is 1. The summed E-state index contributed by atoms with van der Waals surface area (Å²) in [5, 5.41) is 0. The largest absolute Gasteiger partial charge is 0.495 e. The van der Waals surface area contributed by atoms with Gasteiger partial charge in [0, 0.05) is 19.2 Å². The van der Waals surface area contributed by atoms with E-state index in [1.807, 2.05) is 0 Å². The molecule has 0 unspecified atom stereocenters. The number of halogens is 1. The van der Waals surface area contributed by atoms with E-state index in [0.717, 1.165) is 25.3 Å². The minimum absolute atomic E-state index is 0.0477. The van der Waals surface area contributed by atoms with Crippen molar-refractivity contribution in [1.82, 2.24) is 4.31 Å². The Morgan fingerprint density at radius 3 is 2.48 bits per heavy atom. The summed E-state index contributed by atoms with van der Waals surface area (Å²) in [5.41, 5.74) is 0.479. The van der Waals surface area contributed by atoms with Gasteiger partial charge in [-0.15, -0.1) is 0 Å². The van der Waals surface area contributed by atoms with Gasteiger partial charge in [-0.05, 0) is 48.7 Å². The van der Waals surface area contributed by atoms with Gasteiger partial charge in [-0.3, -0.25) is 0 Å². The minimum atomic E-state index is -3.71. The van der Waals surface area contributed by atoms with E-state index >= 15 is 0 Å². The highest BCUT2D eigenvalue weighted by molar-refractivity contribution is 7.89. The summed E-state index contributed by atoms with van der Waals surface area (Å²) in [5.74, 6) is -1.35. The number of piperidine rings is 1. The predicted molar refractivity (Wildman–Crippen MR) is 107 cm³/mol. The molecular formula is C21H22FNO5S. The SMILES string of the molecule is COc1ccc(/C=C/C(=O)Oc2ccccc2F)cc1S(=O)(=O)N1CCCCC1. The molecule has 0 aliphatic carbocycles. The van der Waals surface area contributed by atoms with Gasteiger partial charge in [0.05, 0.1) is 7.11 Å². The van der Waals surface area contributed by atoms with E-state index in [-0.39, 0.29) is 16.4 Å². The summed E-state index contributed by atoms with van der Waals surface area (Å²) in [7, 11) is -2.30. The second-order valence-electron chi connectivity index (χ2n) is 6.56. The standard InChI is InChI=1S/C21H22FNO5S/c1-27-19-11-9-16(10-12-21(24)28-18-8-4-3-7-17(18)22)15-20(19)29(25,26)23-13-5-2-6-14-23/h3-4,7-12,15H,2,5-6,13-14H2,1H3/b12-10+. The van der Waals surface area contributed by atoms with Crippen LogP contribution in [0.4, 0.5) is 4.39 Å². The van der Waals surface area contributed by atoms with Crippen molar-refractivity contribution in [3.05, 3.63) is 59.9 Å². The Morgan fingerprint density at radius 2 is 1.79 bits per heavy atom. The van der Waals surface area contributed by atoms with E-state index in [1.54, 1.807) is 18.2 Å². The van der Waals surface area contributed by atoms with Crippen LogP contribution in [0.3, 0.4) is 0 Å². The van der Waals surface area contributed by atoms with Gasteiger partial charge in [-0.1, -0.05) is 24.6 Å². The maximum atomic E-state index is 13.6. The van der Waals surface area contributed by atoms with Crippen LogP contribution in [0.2, 0.25) is 0 Å². The molecule has 0 bridgehead atoms. The second kappa shape index (κ2) is 9.19. The van der Waals surface area contributed by atoms with Gasteiger partial charge in [0.2, 0.25) is 10.0 Å². The molecule has 154 valence electrons. The van der Waals surface area contributed by atoms with Crippen LogP contribution in [0.25, 0.3) is 6.08 Å². The first-order valence-electron chi connectivity index (χ1n) is 9.24. The van der Waals surface area contributed by atoms with E-state index in [4.69, 9.17) is 9.47 Å². The molecule has 0 N–H and O–H groups in total. The highest BCUT2D eigenvalue weighted by Crippen LogP contribution is 2.30. The molecule has 8 heteroatoms. The van der Waals surface area contributed by atoms with E-state index < -0.39 is 21.8 Å². The topological polar surface area (TPSA) is 72.9 Å². The van der Waals surface area contributed by atoms with Gasteiger partial charge in [0.15, 0.2) is 11.6 Å². The van der Waals surface area contributed by atoms with Gasteiger partial charge in [-0.2, -0.15) is 4.31 Å². The van der Waals surface area contributed by atoms with Crippen molar-refractivity contribution in [1.29, 1.82) is 0 Å². The maximum absolute atomic E-state index is 13.6. The third-order valence-electron chi connectivity index (χ3n) is 4.58. The van der Waals surface area contributed by atoms with Crippen LogP contribution in [0.5, 0.6) is 11.5 Å². The number of methoxy groups -OCH3 is 1. The van der Waals surface area contributed by atoms with Gasteiger partial charge in [-0.25, -0.2) is 17.6 Å². The van der Waals surface area contributed by atoms with E-state index in [9.17, 15) is 17.6 Å². The molecule has 1 saturated heterocycles. The van der Waals surface area contributed by atoms with Gasteiger partial charge in [0.25, 0.3) is 0 Å². The van der Waals surface area contributed by atoms with Crippen LogP contribution in [0.1, 0.15) is 24.8 Å². The molecule has 1 heterocycles. The maximum Gasteiger partial charge on any atom is 0.336 e. The number of ether oxygens (including phenoxy) is 2. The molecule has 1 aliphatic rings. The smallest absolute Gasteiger partial charge is 0.336 e. The number of hydrogen-bond acceptors (Lipinski definition) is 5. The third kappa shape index (κ3) is 5.02. The molecule has 6 nitrogen and oxygen atoms in total. The van der Waals surface area contributed by atoms with Gasteiger partial charge in [0.1, 0.15) is 10.6 Å². The van der Waals surface area contributed by atoms with Gasteiger partial charge >= 0.3 is 5.97 Å². The van der Waals surface area contributed by atoms with Crippen molar-refractivity contribution in [2.24, 2.45) is 0 Å². The number of hydrogen-bond donors (Lipinski definition) is 0. The first kappa shape index (κ1) is 21.0. The number of carbonyl (C=O) groups excluding carboxylic acids is 1. The Balaban J connectivity index is 1.82. The minimum Gasteiger partial charge on any atom is -0.495 e. The Hall–Kier alpha value is -2.71. The lowest BCUT2D eigenvalue weighted by molar-refractivity contribution is -0.129. The molecule has 1 fully saturated rings. The lowest BCUT2D eigenvalue weighted by Gasteiger charge is -2.26. The zero-order chi connectivity index (χ0) is 20.9.